The highest BCUT2D eigenvalue weighted by atomic mass is 19.1. The van der Waals surface area contributed by atoms with Gasteiger partial charge in [-0.1, -0.05) is 12.1 Å². The Labute approximate surface area is 190 Å². The number of carbonyl (C=O) groups excluding carboxylic acids is 2. The number of rotatable bonds is 6. The van der Waals surface area contributed by atoms with Crippen molar-refractivity contribution in [2.45, 2.75) is 37.5 Å². The molecular formula is C25H25FN4O3. The van der Waals surface area contributed by atoms with Crippen molar-refractivity contribution in [2.75, 3.05) is 13.7 Å². The number of hydrogen-bond donors (Lipinski definition) is 2. The van der Waals surface area contributed by atoms with Crippen molar-refractivity contribution < 1.29 is 18.7 Å². The Balaban J connectivity index is 1.41. The van der Waals surface area contributed by atoms with E-state index >= 15 is 0 Å². The fourth-order valence-corrected chi connectivity index (χ4v) is 4.34. The van der Waals surface area contributed by atoms with Gasteiger partial charge in [-0.15, -0.1) is 0 Å². The van der Waals surface area contributed by atoms with Crippen LogP contribution in [0.2, 0.25) is 0 Å². The summed E-state index contributed by atoms with van der Waals surface area (Å²) >= 11 is 0. The Bertz CT molecular complexity index is 1180. The second-order valence-corrected chi connectivity index (χ2v) is 8.58. The molecule has 0 bridgehead atoms. The van der Waals surface area contributed by atoms with E-state index in [4.69, 9.17) is 4.74 Å². The number of likely N-dealkylation sites (tertiary alicyclic amines) is 1. The van der Waals surface area contributed by atoms with Gasteiger partial charge in [0.25, 0.3) is 11.8 Å². The Morgan fingerprint density at radius 2 is 2.03 bits per heavy atom. The molecule has 3 aromatic rings. The lowest BCUT2D eigenvalue weighted by molar-refractivity contribution is 0.0728. The first kappa shape index (κ1) is 21.2. The molecule has 2 heterocycles. The van der Waals surface area contributed by atoms with E-state index in [1.54, 1.807) is 60.8 Å². The van der Waals surface area contributed by atoms with Gasteiger partial charge in [0.15, 0.2) is 0 Å². The molecule has 1 unspecified atom stereocenters. The lowest BCUT2D eigenvalue weighted by Gasteiger charge is -2.25. The molecule has 0 radical (unpaired) electrons. The van der Waals surface area contributed by atoms with E-state index in [0.29, 0.717) is 16.9 Å². The molecule has 1 aliphatic carbocycles. The average Bonchev–Trinajstić information content (AvgIpc) is 3.32. The second-order valence-electron chi connectivity index (χ2n) is 8.58. The summed E-state index contributed by atoms with van der Waals surface area (Å²) in [6.45, 7) is 0.00773. The molecule has 1 aliphatic heterocycles. The van der Waals surface area contributed by atoms with Gasteiger partial charge in [0, 0.05) is 40.9 Å². The van der Waals surface area contributed by atoms with Crippen molar-refractivity contribution in [3.63, 3.8) is 0 Å². The van der Waals surface area contributed by atoms with Crippen LogP contribution in [0, 0.1) is 0 Å². The quantitative estimate of drug-likeness (QED) is 0.599. The van der Waals surface area contributed by atoms with Crippen LogP contribution in [-0.4, -0.2) is 52.8 Å². The molecule has 8 heteroatoms. The number of carbonyl (C=O) groups is 2. The number of H-pyrrole nitrogens is 1. The lowest BCUT2D eigenvalue weighted by Crippen LogP contribution is -2.31. The zero-order valence-corrected chi connectivity index (χ0v) is 18.3. The number of nitrogens with one attached hydrogen (secondary N) is 2. The average molecular weight is 448 g/mol. The summed E-state index contributed by atoms with van der Waals surface area (Å²) in [7, 11) is 1.54. The summed E-state index contributed by atoms with van der Waals surface area (Å²) in [4.78, 5) is 27.4. The van der Waals surface area contributed by atoms with Gasteiger partial charge in [-0.05, 0) is 48.7 Å². The second kappa shape index (κ2) is 8.69. The molecule has 1 saturated carbocycles. The molecule has 2 aromatic carbocycles. The summed E-state index contributed by atoms with van der Waals surface area (Å²) in [5.41, 5.74) is 3.35. The van der Waals surface area contributed by atoms with E-state index in [-0.39, 0.29) is 30.8 Å². The van der Waals surface area contributed by atoms with Crippen molar-refractivity contribution in [1.82, 2.24) is 20.4 Å². The van der Waals surface area contributed by atoms with Crippen molar-refractivity contribution in [1.29, 1.82) is 0 Å². The maximum absolute atomic E-state index is 14.5. The van der Waals surface area contributed by atoms with Gasteiger partial charge in [-0.2, -0.15) is 5.10 Å². The smallest absolute Gasteiger partial charge is 0.254 e. The Morgan fingerprint density at radius 1 is 1.18 bits per heavy atom. The number of ether oxygens (including phenoxy) is 1. The number of benzene rings is 2. The summed E-state index contributed by atoms with van der Waals surface area (Å²) in [6.07, 6.45) is 4.50. The third kappa shape index (κ3) is 4.33. The van der Waals surface area contributed by atoms with E-state index in [0.717, 1.165) is 29.5 Å². The molecule has 7 nitrogen and oxygen atoms in total. The molecule has 1 aromatic heterocycles. The third-order valence-corrected chi connectivity index (χ3v) is 6.21. The van der Waals surface area contributed by atoms with Gasteiger partial charge in [0.05, 0.1) is 25.9 Å². The fourth-order valence-electron chi connectivity index (χ4n) is 4.34. The lowest BCUT2D eigenvalue weighted by atomic mass is 10.00. The van der Waals surface area contributed by atoms with Gasteiger partial charge < -0.3 is 15.0 Å². The Morgan fingerprint density at radius 3 is 2.76 bits per heavy atom. The molecule has 2 N–H and O–H groups in total. The SMILES string of the molecule is COc1cc(C(=O)N2CC(F)C[C@@H]2c2cccc(C(=O)NC3CC3)c2)ccc1-c1cn[nH]c1. The van der Waals surface area contributed by atoms with Crippen LogP contribution in [0.3, 0.4) is 0 Å². The summed E-state index contributed by atoms with van der Waals surface area (Å²) in [6, 6.07) is 12.1. The molecule has 170 valence electrons. The van der Waals surface area contributed by atoms with Crippen molar-refractivity contribution >= 4 is 11.8 Å². The number of halogens is 1. The topological polar surface area (TPSA) is 87.3 Å². The van der Waals surface area contributed by atoms with Gasteiger partial charge in [0.1, 0.15) is 11.9 Å². The molecule has 2 aliphatic rings. The minimum Gasteiger partial charge on any atom is -0.496 e. The fraction of sp³-hybridized carbons (Fsp3) is 0.320. The predicted molar refractivity (Wildman–Crippen MR) is 121 cm³/mol. The molecule has 0 spiro atoms. The standard InChI is InChI=1S/C25H25FN4O3/c1-33-23-10-17(5-8-21(23)18-12-27-28-13-18)25(32)30-14-19(26)11-22(30)15-3-2-4-16(9-15)24(31)29-20-6-7-20/h2-5,8-10,12-13,19-20,22H,6-7,11,14H2,1H3,(H,27,28)(H,29,31)/t19?,22-/m1/s1. The van der Waals surface area contributed by atoms with Crippen molar-refractivity contribution in [3.8, 4) is 16.9 Å². The number of alkyl halides is 1. The summed E-state index contributed by atoms with van der Waals surface area (Å²) in [5.74, 6) is 0.130. The Kier molecular flexibility index (Phi) is 5.58. The van der Waals surface area contributed by atoms with Crippen molar-refractivity contribution in [3.05, 3.63) is 71.5 Å². The highest BCUT2D eigenvalue weighted by Gasteiger charge is 2.37. The summed E-state index contributed by atoms with van der Waals surface area (Å²) < 4.78 is 20.0. The van der Waals surface area contributed by atoms with E-state index < -0.39 is 12.2 Å². The summed E-state index contributed by atoms with van der Waals surface area (Å²) in [5, 5.41) is 9.70. The maximum atomic E-state index is 14.5. The van der Waals surface area contributed by atoms with E-state index in [2.05, 4.69) is 15.5 Å². The molecule has 33 heavy (non-hydrogen) atoms. The van der Waals surface area contributed by atoms with Crippen LogP contribution >= 0.6 is 0 Å². The van der Waals surface area contributed by atoms with Crippen LogP contribution in [0.1, 0.15) is 51.6 Å². The van der Waals surface area contributed by atoms with Gasteiger partial charge in [0.2, 0.25) is 0 Å². The number of aromatic nitrogens is 2. The molecule has 5 rings (SSSR count). The normalized spacial score (nSPS) is 20.0. The number of aromatic amines is 1. The zero-order chi connectivity index (χ0) is 22.9. The molecule has 1 saturated heterocycles. The molecule has 2 fully saturated rings. The van der Waals surface area contributed by atoms with Crippen LogP contribution in [0.15, 0.2) is 54.9 Å². The van der Waals surface area contributed by atoms with Crippen LogP contribution in [0.25, 0.3) is 11.1 Å². The van der Waals surface area contributed by atoms with E-state index in [1.807, 2.05) is 6.07 Å². The number of methoxy groups -OCH3 is 1. The van der Waals surface area contributed by atoms with Crippen molar-refractivity contribution in [2.24, 2.45) is 0 Å². The van der Waals surface area contributed by atoms with Gasteiger partial charge >= 0.3 is 0 Å². The monoisotopic (exact) mass is 448 g/mol. The minimum atomic E-state index is -1.13. The van der Waals surface area contributed by atoms with Crippen LogP contribution in [0.5, 0.6) is 5.75 Å². The number of amides is 2. The molecule has 2 amide bonds. The first-order valence-corrected chi connectivity index (χ1v) is 11.1. The van der Waals surface area contributed by atoms with Crippen LogP contribution in [0.4, 0.5) is 4.39 Å². The molecule has 2 atom stereocenters. The van der Waals surface area contributed by atoms with Crippen LogP contribution in [-0.2, 0) is 0 Å². The van der Waals surface area contributed by atoms with E-state index in [1.165, 1.54) is 0 Å². The highest BCUT2D eigenvalue weighted by molar-refractivity contribution is 5.97. The number of hydrogen-bond acceptors (Lipinski definition) is 4. The first-order valence-electron chi connectivity index (χ1n) is 11.1. The number of nitrogens with zero attached hydrogens (tertiary/aromatic N) is 2. The highest BCUT2D eigenvalue weighted by Crippen LogP contribution is 2.37. The third-order valence-electron chi connectivity index (χ3n) is 6.21. The Hall–Kier alpha value is -3.68. The zero-order valence-electron chi connectivity index (χ0n) is 18.3. The first-order chi connectivity index (χ1) is 16.0. The van der Waals surface area contributed by atoms with E-state index in [9.17, 15) is 14.0 Å². The largest absolute Gasteiger partial charge is 0.496 e. The van der Waals surface area contributed by atoms with Gasteiger partial charge in [-0.25, -0.2) is 4.39 Å². The van der Waals surface area contributed by atoms with Gasteiger partial charge in [-0.3, -0.25) is 14.7 Å². The van der Waals surface area contributed by atoms with Crippen LogP contribution < -0.4 is 10.1 Å². The maximum Gasteiger partial charge on any atom is 0.254 e. The molecular weight excluding hydrogens is 423 g/mol. The minimum absolute atomic E-state index is 0.00773. The predicted octanol–water partition coefficient (Wildman–Crippen LogP) is 3.90.